The van der Waals surface area contributed by atoms with E-state index < -0.39 is 0 Å². The number of aromatic nitrogens is 2. The monoisotopic (exact) mass is 210 g/mol. The van der Waals surface area contributed by atoms with Crippen LogP contribution in [0.25, 0.3) is 10.9 Å². The predicted octanol–water partition coefficient (Wildman–Crippen LogP) is 2.06. The number of rotatable bonds is 2. The Labute approximate surface area is 86.7 Å². The molecule has 0 bridgehead atoms. The second-order valence-electron chi connectivity index (χ2n) is 3.27. The van der Waals surface area contributed by atoms with E-state index in [0.29, 0.717) is 11.4 Å². The average molecular weight is 211 g/mol. The molecule has 0 aliphatic rings. The second kappa shape index (κ2) is 3.59. The molecule has 0 unspecified atom stereocenters. The van der Waals surface area contributed by atoms with Crippen molar-refractivity contribution in [3.63, 3.8) is 0 Å². The van der Waals surface area contributed by atoms with Crippen LogP contribution in [0.5, 0.6) is 0 Å². The maximum absolute atomic E-state index is 8.91. The molecule has 0 atom stereocenters. The van der Waals surface area contributed by atoms with Gasteiger partial charge < -0.3 is 5.11 Å². The lowest BCUT2D eigenvalue weighted by Gasteiger charge is -2.07. The average Bonchev–Trinajstić information content (AvgIpc) is 2.60. The molecule has 0 aliphatic carbocycles. The summed E-state index contributed by atoms with van der Waals surface area (Å²) in [7, 11) is 0. The standard InChI is InChI=1S/C10H11ClN2O/c1-6-7(2-3-14)9(11)4-10-8(6)5-12-13-10/h4-5,14H,2-3H2,1H3,(H,12,13). The zero-order valence-electron chi connectivity index (χ0n) is 7.84. The minimum atomic E-state index is 0.115. The van der Waals surface area contributed by atoms with Crippen molar-refractivity contribution in [2.24, 2.45) is 0 Å². The molecule has 1 aromatic carbocycles. The van der Waals surface area contributed by atoms with Gasteiger partial charge in [0, 0.05) is 17.0 Å². The first kappa shape index (κ1) is 9.49. The van der Waals surface area contributed by atoms with Gasteiger partial charge in [0.1, 0.15) is 0 Å². The number of aromatic amines is 1. The lowest BCUT2D eigenvalue weighted by atomic mass is 10.0. The van der Waals surface area contributed by atoms with Gasteiger partial charge in [0.15, 0.2) is 0 Å². The number of hydrogen-bond acceptors (Lipinski definition) is 2. The van der Waals surface area contributed by atoms with Crippen LogP contribution in [0.15, 0.2) is 12.3 Å². The van der Waals surface area contributed by atoms with Crippen LogP contribution < -0.4 is 0 Å². The predicted molar refractivity (Wildman–Crippen MR) is 56.6 cm³/mol. The molecule has 4 heteroatoms. The van der Waals surface area contributed by atoms with Crippen molar-refractivity contribution in [1.82, 2.24) is 10.2 Å². The number of H-pyrrole nitrogens is 1. The van der Waals surface area contributed by atoms with E-state index in [1.807, 2.05) is 13.0 Å². The molecule has 3 nitrogen and oxygen atoms in total. The van der Waals surface area contributed by atoms with Gasteiger partial charge in [-0.3, -0.25) is 5.10 Å². The Morgan fingerprint density at radius 3 is 3.07 bits per heavy atom. The number of benzene rings is 1. The SMILES string of the molecule is Cc1c(CCO)c(Cl)cc2[nH]ncc12. The van der Waals surface area contributed by atoms with Gasteiger partial charge in [0.2, 0.25) is 0 Å². The van der Waals surface area contributed by atoms with E-state index in [1.165, 1.54) is 0 Å². The van der Waals surface area contributed by atoms with Crippen LogP contribution >= 0.6 is 11.6 Å². The Balaban J connectivity index is 2.69. The third kappa shape index (κ3) is 1.38. The van der Waals surface area contributed by atoms with Gasteiger partial charge in [-0.15, -0.1) is 0 Å². The first-order chi connectivity index (χ1) is 6.74. The molecule has 1 aromatic heterocycles. The smallest absolute Gasteiger partial charge is 0.0668 e. The van der Waals surface area contributed by atoms with Crippen LogP contribution in [-0.4, -0.2) is 21.9 Å². The number of halogens is 1. The number of aliphatic hydroxyl groups is 1. The van der Waals surface area contributed by atoms with Gasteiger partial charge >= 0.3 is 0 Å². The van der Waals surface area contributed by atoms with Crippen molar-refractivity contribution in [3.05, 3.63) is 28.4 Å². The summed E-state index contributed by atoms with van der Waals surface area (Å²) in [5, 5.41) is 17.5. The molecule has 0 fully saturated rings. The van der Waals surface area contributed by atoms with Crippen molar-refractivity contribution in [3.8, 4) is 0 Å². The molecule has 14 heavy (non-hydrogen) atoms. The molecule has 2 N–H and O–H groups in total. The Morgan fingerprint density at radius 1 is 1.57 bits per heavy atom. The minimum Gasteiger partial charge on any atom is -0.396 e. The van der Waals surface area contributed by atoms with Crippen molar-refractivity contribution >= 4 is 22.5 Å². The first-order valence-corrected chi connectivity index (χ1v) is 4.83. The Morgan fingerprint density at radius 2 is 2.36 bits per heavy atom. The Kier molecular flexibility index (Phi) is 2.44. The van der Waals surface area contributed by atoms with Gasteiger partial charge in [0.25, 0.3) is 0 Å². The fraction of sp³-hybridized carbons (Fsp3) is 0.300. The fourth-order valence-electron chi connectivity index (χ4n) is 1.68. The molecule has 0 radical (unpaired) electrons. The van der Waals surface area contributed by atoms with E-state index in [-0.39, 0.29) is 6.61 Å². The van der Waals surface area contributed by atoms with Gasteiger partial charge in [-0.25, -0.2) is 0 Å². The van der Waals surface area contributed by atoms with E-state index in [4.69, 9.17) is 16.7 Å². The second-order valence-corrected chi connectivity index (χ2v) is 3.67. The third-order valence-electron chi connectivity index (χ3n) is 2.45. The molecule has 1 heterocycles. The maximum Gasteiger partial charge on any atom is 0.0668 e. The van der Waals surface area contributed by atoms with Crippen LogP contribution in [0.4, 0.5) is 0 Å². The van der Waals surface area contributed by atoms with Gasteiger partial charge in [0.05, 0.1) is 11.7 Å². The molecule has 0 aliphatic heterocycles. The number of nitrogens with one attached hydrogen (secondary N) is 1. The van der Waals surface area contributed by atoms with E-state index in [9.17, 15) is 0 Å². The van der Waals surface area contributed by atoms with Gasteiger partial charge in [-0.05, 0) is 30.5 Å². The summed E-state index contributed by atoms with van der Waals surface area (Å²) < 4.78 is 0. The molecular formula is C10H11ClN2O. The van der Waals surface area contributed by atoms with E-state index in [0.717, 1.165) is 22.0 Å². The summed E-state index contributed by atoms with van der Waals surface area (Å²) >= 11 is 6.09. The molecular weight excluding hydrogens is 200 g/mol. The number of nitrogens with zero attached hydrogens (tertiary/aromatic N) is 1. The highest BCUT2D eigenvalue weighted by Gasteiger charge is 2.09. The largest absolute Gasteiger partial charge is 0.396 e. The van der Waals surface area contributed by atoms with Crippen molar-refractivity contribution in [1.29, 1.82) is 0 Å². The number of hydrogen-bond donors (Lipinski definition) is 2. The van der Waals surface area contributed by atoms with Crippen LogP contribution in [0.3, 0.4) is 0 Å². The topological polar surface area (TPSA) is 48.9 Å². The van der Waals surface area contributed by atoms with E-state index in [1.54, 1.807) is 6.20 Å². The molecule has 74 valence electrons. The third-order valence-corrected chi connectivity index (χ3v) is 2.78. The fourth-order valence-corrected chi connectivity index (χ4v) is 2.02. The minimum absolute atomic E-state index is 0.115. The number of aliphatic hydroxyl groups excluding tert-OH is 1. The van der Waals surface area contributed by atoms with Crippen LogP contribution in [0, 0.1) is 6.92 Å². The van der Waals surface area contributed by atoms with Crippen LogP contribution in [-0.2, 0) is 6.42 Å². The van der Waals surface area contributed by atoms with Crippen LogP contribution in [0.1, 0.15) is 11.1 Å². The normalized spacial score (nSPS) is 11.1. The summed E-state index contributed by atoms with van der Waals surface area (Å²) in [5.41, 5.74) is 3.03. The van der Waals surface area contributed by atoms with Crippen LogP contribution in [0.2, 0.25) is 5.02 Å². The summed E-state index contributed by atoms with van der Waals surface area (Å²) in [6.45, 7) is 2.11. The number of aryl methyl sites for hydroxylation is 1. The highest BCUT2D eigenvalue weighted by Crippen LogP contribution is 2.27. The highest BCUT2D eigenvalue weighted by atomic mass is 35.5. The number of fused-ring (bicyclic) bond motifs is 1. The maximum atomic E-state index is 8.91. The summed E-state index contributed by atoms with van der Waals surface area (Å²) in [6, 6.07) is 1.85. The summed E-state index contributed by atoms with van der Waals surface area (Å²) in [5.74, 6) is 0. The van der Waals surface area contributed by atoms with Crippen molar-refractivity contribution < 1.29 is 5.11 Å². The van der Waals surface area contributed by atoms with Crippen molar-refractivity contribution in [2.45, 2.75) is 13.3 Å². The quantitative estimate of drug-likeness (QED) is 0.797. The molecule has 0 spiro atoms. The summed E-state index contributed by atoms with van der Waals surface area (Å²) in [4.78, 5) is 0. The molecule has 0 saturated carbocycles. The summed E-state index contributed by atoms with van der Waals surface area (Å²) in [6.07, 6.45) is 2.37. The van der Waals surface area contributed by atoms with Crippen molar-refractivity contribution in [2.75, 3.05) is 6.61 Å². The lowest BCUT2D eigenvalue weighted by Crippen LogP contribution is -1.95. The molecule has 2 aromatic rings. The zero-order chi connectivity index (χ0) is 10.1. The van der Waals surface area contributed by atoms with E-state index >= 15 is 0 Å². The van der Waals surface area contributed by atoms with E-state index in [2.05, 4.69) is 10.2 Å². The Bertz CT molecular complexity index is 464. The Hall–Kier alpha value is -1.06. The van der Waals surface area contributed by atoms with Gasteiger partial charge in [-0.2, -0.15) is 5.10 Å². The molecule has 0 saturated heterocycles. The molecule has 2 rings (SSSR count). The molecule has 0 amide bonds. The zero-order valence-corrected chi connectivity index (χ0v) is 8.60. The first-order valence-electron chi connectivity index (χ1n) is 4.46. The highest BCUT2D eigenvalue weighted by molar-refractivity contribution is 6.32. The lowest BCUT2D eigenvalue weighted by molar-refractivity contribution is 0.299. The van der Waals surface area contributed by atoms with Gasteiger partial charge in [-0.1, -0.05) is 11.6 Å².